The molecule has 0 heterocycles. The van der Waals surface area contributed by atoms with Crippen molar-refractivity contribution in [3.8, 4) is 17.6 Å². The number of methoxy groups -OCH3 is 1. The molecular formula is C17H22O3. The summed E-state index contributed by atoms with van der Waals surface area (Å²) in [4.78, 5) is 10.8. The Morgan fingerprint density at radius 3 is 2.80 bits per heavy atom. The van der Waals surface area contributed by atoms with Crippen LogP contribution in [0.5, 0.6) is 5.75 Å². The Labute approximate surface area is 121 Å². The van der Waals surface area contributed by atoms with Crippen LogP contribution < -0.4 is 4.74 Å². The summed E-state index contributed by atoms with van der Waals surface area (Å²) in [7, 11) is 1.57. The van der Waals surface area contributed by atoms with E-state index in [1.807, 2.05) is 0 Å². The number of benzene rings is 1. The zero-order valence-electron chi connectivity index (χ0n) is 12.3. The van der Waals surface area contributed by atoms with Gasteiger partial charge in [0.15, 0.2) is 6.79 Å². The van der Waals surface area contributed by atoms with Gasteiger partial charge in [-0.05, 0) is 24.6 Å². The molecule has 0 fully saturated rings. The van der Waals surface area contributed by atoms with Crippen molar-refractivity contribution in [1.29, 1.82) is 0 Å². The Morgan fingerprint density at radius 2 is 2.10 bits per heavy atom. The number of aldehydes is 1. The van der Waals surface area contributed by atoms with Gasteiger partial charge in [0.25, 0.3) is 0 Å². The van der Waals surface area contributed by atoms with Gasteiger partial charge in [-0.25, -0.2) is 0 Å². The first-order valence-corrected chi connectivity index (χ1v) is 7.01. The van der Waals surface area contributed by atoms with E-state index in [0.717, 1.165) is 24.7 Å². The van der Waals surface area contributed by atoms with Crippen LogP contribution >= 0.6 is 0 Å². The molecule has 0 amide bonds. The molecule has 0 saturated heterocycles. The highest BCUT2D eigenvalue weighted by Crippen LogP contribution is 2.19. The van der Waals surface area contributed by atoms with Crippen LogP contribution in [0.2, 0.25) is 0 Å². The van der Waals surface area contributed by atoms with Crippen molar-refractivity contribution in [3.63, 3.8) is 0 Å². The largest absolute Gasteiger partial charge is 0.466 e. The van der Waals surface area contributed by atoms with Gasteiger partial charge in [-0.1, -0.05) is 38.0 Å². The van der Waals surface area contributed by atoms with E-state index < -0.39 is 0 Å². The molecule has 0 N–H and O–H groups in total. The van der Waals surface area contributed by atoms with E-state index in [-0.39, 0.29) is 6.79 Å². The molecule has 0 aliphatic carbocycles. The smallest absolute Gasteiger partial charge is 0.188 e. The van der Waals surface area contributed by atoms with Crippen LogP contribution in [0.25, 0.3) is 0 Å². The highest BCUT2D eigenvalue weighted by atomic mass is 16.7. The molecule has 1 rings (SSSR count). The lowest BCUT2D eigenvalue weighted by atomic mass is 10.1. The minimum atomic E-state index is 0.172. The second-order valence-electron chi connectivity index (χ2n) is 4.54. The second kappa shape index (κ2) is 10.1. The topological polar surface area (TPSA) is 35.5 Å². The third-order valence-corrected chi connectivity index (χ3v) is 2.85. The zero-order valence-corrected chi connectivity index (χ0v) is 12.3. The van der Waals surface area contributed by atoms with Crippen molar-refractivity contribution in [2.45, 2.75) is 39.0 Å². The van der Waals surface area contributed by atoms with Gasteiger partial charge in [-0.3, -0.25) is 4.79 Å². The van der Waals surface area contributed by atoms with Gasteiger partial charge in [0, 0.05) is 19.1 Å². The standard InChI is InChI=1S/C17H22O3/c1-3-4-5-6-7-8-9-16-12-15(13-18)10-11-17(16)20-14-19-2/h10-13H,3-7,14H2,1-2H3. The van der Waals surface area contributed by atoms with Crippen LogP contribution in [-0.4, -0.2) is 20.2 Å². The van der Waals surface area contributed by atoms with Crippen LogP contribution in [-0.2, 0) is 4.74 Å². The molecule has 0 radical (unpaired) electrons. The summed E-state index contributed by atoms with van der Waals surface area (Å²) >= 11 is 0. The Kier molecular flexibility index (Phi) is 8.17. The van der Waals surface area contributed by atoms with Crippen molar-refractivity contribution in [1.82, 2.24) is 0 Å². The summed E-state index contributed by atoms with van der Waals surface area (Å²) in [5.74, 6) is 6.88. The molecule has 1 aromatic carbocycles. The molecule has 20 heavy (non-hydrogen) atoms. The predicted octanol–water partition coefficient (Wildman–Crippen LogP) is 3.80. The van der Waals surface area contributed by atoms with Crippen molar-refractivity contribution in [2.75, 3.05) is 13.9 Å². The van der Waals surface area contributed by atoms with Gasteiger partial charge >= 0.3 is 0 Å². The van der Waals surface area contributed by atoms with Crippen LogP contribution in [0, 0.1) is 11.8 Å². The zero-order chi connectivity index (χ0) is 14.6. The lowest BCUT2D eigenvalue weighted by Crippen LogP contribution is -2.01. The summed E-state index contributed by atoms with van der Waals surface area (Å²) in [6.45, 7) is 2.36. The molecule has 0 aromatic heterocycles. The van der Waals surface area contributed by atoms with E-state index in [1.165, 1.54) is 19.3 Å². The van der Waals surface area contributed by atoms with Gasteiger partial charge < -0.3 is 9.47 Å². The Morgan fingerprint density at radius 1 is 1.25 bits per heavy atom. The second-order valence-corrected chi connectivity index (χ2v) is 4.54. The molecule has 0 bridgehead atoms. The fraction of sp³-hybridized carbons (Fsp3) is 0.471. The Bertz CT molecular complexity index is 469. The molecule has 3 heteroatoms. The van der Waals surface area contributed by atoms with Crippen molar-refractivity contribution in [3.05, 3.63) is 29.3 Å². The molecular weight excluding hydrogens is 252 g/mol. The monoisotopic (exact) mass is 274 g/mol. The molecule has 0 aliphatic heterocycles. The number of ether oxygens (including phenoxy) is 2. The van der Waals surface area contributed by atoms with E-state index in [2.05, 4.69) is 18.8 Å². The molecule has 0 aliphatic rings. The number of hydrogen-bond acceptors (Lipinski definition) is 3. The molecule has 0 spiro atoms. The number of rotatable bonds is 8. The highest BCUT2D eigenvalue weighted by Gasteiger charge is 2.02. The average Bonchev–Trinajstić information content (AvgIpc) is 2.49. The Balaban J connectivity index is 2.69. The van der Waals surface area contributed by atoms with Gasteiger partial charge in [0.1, 0.15) is 12.0 Å². The lowest BCUT2D eigenvalue weighted by molar-refractivity contribution is 0.0509. The van der Waals surface area contributed by atoms with Crippen molar-refractivity contribution < 1.29 is 14.3 Å². The molecule has 3 nitrogen and oxygen atoms in total. The maximum atomic E-state index is 10.8. The van der Waals surface area contributed by atoms with Crippen LogP contribution in [0.3, 0.4) is 0 Å². The number of hydrogen-bond donors (Lipinski definition) is 0. The molecule has 0 atom stereocenters. The Hall–Kier alpha value is -1.79. The number of carbonyl (C=O) groups is 1. The average molecular weight is 274 g/mol. The van der Waals surface area contributed by atoms with E-state index in [1.54, 1.807) is 25.3 Å². The predicted molar refractivity (Wildman–Crippen MR) is 80.0 cm³/mol. The third-order valence-electron chi connectivity index (χ3n) is 2.85. The van der Waals surface area contributed by atoms with E-state index in [9.17, 15) is 4.79 Å². The fourth-order valence-corrected chi connectivity index (χ4v) is 1.76. The summed E-state index contributed by atoms with van der Waals surface area (Å²) in [6, 6.07) is 5.21. The van der Waals surface area contributed by atoms with Crippen molar-refractivity contribution >= 4 is 6.29 Å². The van der Waals surface area contributed by atoms with E-state index >= 15 is 0 Å². The quantitative estimate of drug-likeness (QED) is 0.313. The molecule has 108 valence electrons. The highest BCUT2D eigenvalue weighted by molar-refractivity contribution is 5.76. The first-order valence-electron chi connectivity index (χ1n) is 7.01. The molecule has 1 aromatic rings. The number of carbonyl (C=O) groups excluding carboxylic acids is 1. The first kappa shape index (κ1) is 16.3. The fourth-order valence-electron chi connectivity index (χ4n) is 1.76. The van der Waals surface area contributed by atoms with Gasteiger partial charge in [0.2, 0.25) is 0 Å². The van der Waals surface area contributed by atoms with Gasteiger partial charge in [-0.2, -0.15) is 0 Å². The summed E-state index contributed by atoms with van der Waals surface area (Å²) in [5.41, 5.74) is 1.34. The minimum absolute atomic E-state index is 0.172. The summed E-state index contributed by atoms with van der Waals surface area (Å²) in [6.07, 6.45) is 6.49. The third kappa shape index (κ3) is 5.90. The normalized spacial score (nSPS) is 9.70. The molecule has 0 unspecified atom stereocenters. The van der Waals surface area contributed by atoms with Gasteiger partial charge in [0.05, 0.1) is 5.56 Å². The maximum absolute atomic E-state index is 10.8. The lowest BCUT2D eigenvalue weighted by Gasteiger charge is -2.07. The van der Waals surface area contributed by atoms with Crippen LogP contribution in [0.4, 0.5) is 0 Å². The summed E-state index contributed by atoms with van der Waals surface area (Å²) < 4.78 is 10.3. The van der Waals surface area contributed by atoms with E-state index in [4.69, 9.17) is 9.47 Å². The molecule has 0 saturated carbocycles. The van der Waals surface area contributed by atoms with Gasteiger partial charge in [-0.15, -0.1) is 0 Å². The maximum Gasteiger partial charge on any atom is 0.188 e. The van der Waals surface area contributed by atoms with Crippen LogP contribution in [0.15, 0.2) is 18.2 Å². The van der Waals surface area contributed by atoms with Crippen molar-refractivity contribution in [2.24, 2.45) is 0 Å². The SMILES string of the molecule is CCCCCCC#Cc1cc(C=O)ccc1OCOC. The minimum Gasteiger partial charge on any atom is -0.466 e. The number of unbranched alkanes of at least 4 members (excludes halogenated alkanes) is 4. The summed E-state index contributed by atoms with van der Waals surface area (Å²) in [5, 5.41) is 0. The van der Waals surface area contributed by atoms with Crippen LogP contribution in [0.1, 0.15) is 54.9 Å². The first-order chi connectivity index (χ1) is 9.81. The van der Waals surface area contributed by atoms with E-state index in [0.29, 0.717) is 11.3 Å².